The molecule has 0 saturated heterocycles. The van der Waals surface area contributed by atoms with E-state index in [9.17, 15) is 13.7 Å². The summed E-state index contributed by atoms with van der Waals surface area (Å²) in [4.78, 5) is 12.7. The molecule has 4 atom stereocenters. The van der Waals surface area contributed by atoms with E-state index in [0.717, 1.165) is 39.2 Å². The third kappa shape index (κ3) is 3.88. The molecule has 8 heteroatoms. The molecular formula is C32H18N2O2S4+2. The van der Waals surface area contributed by atoms with Crippen molar-refractivity contribution in [2.75, 3.05) is 0 Å². The third-order valence-electron chi connectivity index (χ3n) is 6.80. The van der Waals surface area contributed by atoms with Gasteiger partial charge in [0.1, 0.15) is 26.7 Å². The summed E-state index contributed by atoms with van der Waals surface area (Å²) in [5, 5.41) is 9.46. The highest BCUT2D eigenvalue weighted by Gasteiger charge is 2.44. The first-order chi connectivity index (χ1) is 19.6. The van der Waals surface area contributed by atoms with E-state index in [2.05, 4.69) is 35.2 Å². The molecule has 5 aromatic carbocycles. The summed E-state index contributed by atoms with van der Waals surface area (Å²) >= 11 is 0. The first-order valence-corrected chi connectivity index (χ1v) is 17.0. The van der Waals surface area contributed by atoms with Gasteiger partial charge < -0.3 is 0 Å². The van der Waals surface area contributed by atoms with Crippen LogP contribution in [0.25, 0.3) is 4.85 Å². The van der Waals surface area contributed by atoms with Gasteiger partial charge in [-0.3, -0.25) is 0 Å². The maximum atomic E-state index is 13.5. The van der Waals surface area contributed by atoms with Crippen molar-refractivity contribution in [3.05, 3.63) is 126 Å². The predicted octanol–water partition coefficient (Wildman–Crippen LogP) is 7.26. The van der Waals surface area contributed by atoms with Gasteiger partial charge in [-0.25, -0.2) is 13.3 Å². The van der Waals surface area contributed by atoms with Gasteiger partial charge in [-0.05, 0) is 78.9 Å². The highest BCUT2D eigenvalue weighted by atomic mass is 32.2. The third-order valence-corrected chi connectivity index (χ3v) is 15.0. The molecule has 2 aliphatic heterocycles. The second-order valence-electron chi connectivity index (χ2n) is 9.03. The molecule has 0 bridgehead atoms. The van der Waals surface area contributed by atoms with E-state index in [-0.39, 0.29) is 0 Å². The Labute approximate surface area is 242 Å². The zero-order chi connectivity index (χ0) is 27.4. The number of fused-ring (bicyclic) bond motifs is 4. The summed E-state index contributed by atoms with van der Waals surface area (Å²) in [6.45, 7) is 7.44. The molecule has 2 aliphatic rings. The zero-order valence-electron chi connectivity index (χ0n) is 20.7. The van der Waals surface area contributed by atoms with Gasteiger partial charge in [0.25, 0.3) is 0 Å². The van der Waals surface area contributed by atoms with Gasteiger partial charge in [-0.15, -0.1) is 0 Å². The number of hydrogen-bond acceptors (Lipinski definition) is 3. The molecule has 0 N–H and O–H groups in total. The van der Waals surface area contributed by atoms with Gasteiger partial charge in [0.15, 0.2) is 35.1 Å². The van der Waals surface area contributed by atoms with E-state index < -0.39 is 43.4 Å². The molecule has 4 nitrogen and oxygen atoms in total. The highest BCUT2D eigenvalue weighted by molar-refractivity contribution is 8.00. The monoisotopic (exact) mass is 590 g/mol. The topological polar surface area (TPSA) is 62.3 Å². The average Bonchev–Trinajstić information content (AvgIpc) is 3.01. The van der Waals surface area contributed by atoms with Gasteiger partial charge in [-0.1, -0.05) is 30.3 Å². The maximum Gasteiger partial charge on any atom is 0.188 e. The minimum atomic E-state index is -1.35. The van der Waals surface area contributed by atoms with Crippen molar-refractivity contribution in [3.63, 3.8) is 0 Å². The molecule has 0 fully saturated rings. The van der Waals surface area contributed by atoms with Crippen LogP contribution in [-0.4, -0.2) is 8.42 Å². The summed E-state index contributed by atoms with van der Waals surface area (Å²) in [5.41, 5.74) is 0.984. The molecule has 2 heterocycles. The van der Waals surface area contributed by atoms with E-state index in [1.807, 2.05) is 60.7 Å². The van der Waals surface area contributed by atoms with Crippen molar-refractivity contribution in [1.29, 1.82) is 5.26 Å². The quantitative estimate of drug-likeness (QED) is 0.157. The number of nitrogens with zero attached hydrogens (tertiary/aromatic N) is 2. The molecule has 0 spiro atoms. The molecule has 0 radical (unpaired) electrons. The fourth-order valence-corrected chi connectivity index (χ4v) is 13.5. The van der Waals surface area contributed by atoms with Crippen LogP contribution in [0.3, 0.4) is 0 Å². The van der Waals surface area contributed by atoms with E-state index in [1.165, 1.54) is 0 Å². The van der Waals surface area contributed by atoms with E-state index in [4.69, 9.17) is 6.57 Å². The van der Waals surface area contributed by atoms with Gasteiger partial charge in [-0.2, -0.15) is 5.26 Å². The lowest BCUT2D eigenvalue weighted by molar-refractivity contribution is 0.678. The van der Waals surface area contributed by atoms with E-state index in [0.29, 0.717) is 21.0 Å². The fourth-order valence-electron chi connectivity index (χ4n) is 5.01. The van der Waals surface area contributed by atoms with Gasteiger partial charge in [0, 0.05) is 0 Å². The lowest BCUT2D eigenvalue weighted by atomic mass is 10.2. The van der Waals surface area contributed by atoms with Crippen LogP contribution in [0.15, 0.2) is 158 Å². The van der Waals surface area contributed by atoms with Crippen molar-refractivity contribution < 1.29 is 8.42 Å². The Bertz CT molecular complexity index is 1850. The smallest absolute Gasteiger partial charge is 0.188 e. The normalized spacial score (nSPS) is 20.1. The lowest BCUT2D eigenvalue weighted by Crippen LogP contribution is -2.18. The Morgan fingerprint density at radius 2 is 1.07 bits per heavy atom. The Morgan fingerprint density at radius 3 is 1.60 bits per heavy atom. The standard InChI is InChI=1S/C32H18N2O2S4/c1-34-22-11-17-28-32(19-22)40(36)30-9-5-3-7-26(30)38(28)24-14-12-23(13-15-24)37-25-6-2-4-8-29(25)39(35)31-18-21(20-33)10-16-27(31)37/h2-19H/q+2. The number of rotatable bonds is 2. The molecule has 7 rings (SSSR count). The summed E-state index contributed by atoms with van der Waals surface area (Å²) < 4.78 is 27.0. The molecule has 0 amide bonds. The van der Waals surface area contributed by atoms with Crippen LogP contribution in [0.2, 0.25) is 0 Å². The van der Waals surface area contributed by atoms with Crippen LogP contribution in [0.5, 0.6) is 0 Å². The minimum Gasteiger partial charge on any atom is -0.249 e. The summed E-state index contributed by atoms with van der Waals surface area (Å²) in [6, 6.07) is 37.4. The summed E-state index contributed by atoms with van der Waals surface area (Å²) in [7, 11) is -3.66. The van der Waals surface area contributed by atoms with E-state index in [1.54, 1.807) is 24.3 Å². The van der Waals surface area contributed by atoms with Crippen LogP contribution in [0, 0.1) is 17.9 Å². The van der Waals surface area contributed by atoms with Gasteiger partial charge in [0.05, 0.1) is 54.5 Å². The molecule has 190 valence electrons. The van der Waals surface area contributed by atoms with Crippen molar-refractivity contribution in [2.45, 2.75) is 49.0 Å². The summed E-state index contributed by atoms with van der Waals surface area (Å²) in [5.74, 6) is 0. The van der Waals surface area contributed by atoms with E-state index >= 15 is 0 Å². The van der Waals surface area contributed by atoms with Gasteiger partial charge >= 0.3 is 0 Å². The molecular weight excluding hydrogens is 573 g/mol. The largest absolute Gasteiger partial charge is 0.249 e. The second kappa shape index (κ2) is 9.92. The van der Waals surface area contributed by atoms with Crippen LogP contribution in [0.1, 0.15) is 5.56 Å². The van der Waals surface area contributed by atoms with Crippen molar-refractivity contribution in [1.82, 2.24) is 0 Å². The molecule has 0 saturated carbocycles. The first kappa shape index (κ1) is 25.1. The Kier molecular flexibility index (Phi) is 6.22. The van der Waals surface area contributed by atoms with Crippen LogP contribution in [-0.2, 0) is 43.4 Å². The molecule has 40 heavy (non-hydrogen) atoms. The average molecular weight is 591 g/mol. The number of nitriles is 1. The van der Waals surface area contributed by atoms with Crippen molar-refractivity contribution in [3.8, 4) is 6.07 Å². The SMILES string of the molecule is [C-]#[N+]c1ccc2c(c1)S(=O)c1ccccc1[S+]2c1ccc([S+]2c3ccccc3S(=O)c3cc(C#N)ccc32)cc1. The minimum absolute atomic E-state index is 0.480. The molecule has 5 aromatic rings. The van der Waals surface area contributed by atoms with Crippen molar-refractivity contribution in [2.24, 2.45) is 0 Å². The number of benzene rings is 5. The lowest BCUT2D eigenvalue weighted by Gasteiger charge is -2.20. The second-order valence-corrected chi connectivity index (χ2v) is 15.8. The maximum absolute atomic E-state index is 13.5. The first-order valence-electron chi connectivity index (χ1n) is 12.2. The number of hydrogen-bond donors (Lipinski definition) is 0. The Hall–Kier alpha value is -3.92. The molecule has 0 aliphatic carbocycles. The summed E-state index contributed by atoms with van der Waals surface area (Å²) in [6.07, 6.45) is 0. The van der Waals surface area contributed by atoms with Crippen LogP contribution >= 0.6 is 0 Å². The molecule has 0 aromatic heterocycles. The van der Waals surface area contributed by atoms with Gasteiger partial charge in [0.2, 0.25) is 0 Å². The fraction of sp³-hybridized carbons (Fsp3) is 0. The predicted molar refractivity (Wildman–Crippen MR) is 157 cm³/mol. The molecule has 4 unspecified atom stereocenters. The van der Waals surface area contributed by atoms with Crippen LogP contribution in [0.4, 0.5) is 5.69 Å². The Balaban J connectivity index is 1.37. The van der Waals surface area contributed by atoms with Crippen molar-refractivity contribution >= 4 is 49.1 Å². The Morgan fingerprint density at radius 1 is 0.600 bits per heavy atom. The highest BCUT2D eigenvalue weighted by Crippen LogP contribution is 2.46. The zero-order valence-corrected chi connectivity index (χ0v) is 24.0. The van der Waals surface area contributed by atoms with Crippen LogP contribution < -0.4 is 0 Å².